The minimum absolute atomic E-state index is 0.889. The number of aliphatic imine (C=N–C) groups is 1. The molecule has 23 heavy (non-hydrogen) atoms. The van der Waals surface area contributed by atoms with E-state index in [0.29, 0.717) is 0 Å². The Bertz CT molecular complexity index is 443. The molecule has 0 spiro atoms. The third-order valence-corrected chi connectivity index (χ3v) is 5.07. The standard InChI is InChI=1S/C17H30N4OS/c1-18-17(20(2)10-7-16-6-5-15-23-16)19-8-3-4-9-21-11-13-22-14-12-21/h5-6,15H,3-4,7-14H2,1-2H3,(H,18,19). The van der Waals surface area contributed by atoms with Gasteiger partial charge in [-0.3, -0.25) is 9.89 Å². The molecule has 6 heteroatoms. The van der Waals surface area contributed by atoms with Crippen LogP contribution in [0.15, 0.2) is 22.5 Å². The van der Waals surface area contributed by atoms with Crippen molar-refractivity contribution in [3.05, 3.63) is 22.4 Å². The topological polar surface area (TPSA) is 40.1 Å². The Hall–Kier alpha value is -1.11. The maximum Gasteiger partial charge on any atom is 0.193 e. The lowest BCUT2D eigenvalue weighted by atomic mass is 10.2. The third-order valence-electron chi connectivity index (χ3n) is 4.14. The first-order valence-corrected chi connectivity index (χ1v) is 9.42. The summed E-state index contributed by atoms with van der Waals surface area (Å²) in [6, 6.07) is 4.31. The van der Waals surface area contributed by atoms with Crippen molar-refractivity contribution in [2.24, 2.45) is 4.99 Å². The van der Waals surface area contributed by atoms with Crippen LogP contribution in [-0.2, 0) is 11.2 Å². The van der Waals surface area contributed by atoms with Gasteiger partial charge >= 0.3 is 0 Å². The molecule has 1 aromatic heterocycles. The number of morpholine rings is 1. The summed E-state index contributed by atoms with van der Waals surface area (Å²) in [5.41, 5.74) is 0. The molecule has 1 N–H and O–H groups in total. The van der Waals surface area contributed by atoms with Crippen LogP contribution in [-0.4, -0.2) is 75.8 Å². The van der Waals surface area contributed by atoms with E-state index in [9.17, 15) is 0 Å². The Labute approximate surface area is 144 Å². The molecule has 0 radical (unpaired) electrons. The highest BCUT2D eigenvalue weighted by Gasteiger charge is 2.09. The maximum atomic E-state index is 5.37. The van der Waals surface area contributed by atoms with Crippen LogP contribution in [0.3, 0.4) is 0 Å². The van der Waals surface area contributed by atoms with Gasteiger partial charge in [0.1, 0.15) is 0 Å². The lowest BCUT2D eigenvalue weighted by molar-refractivity contribution is 0.0372. The lowest BCUT2D eigenvalue weighted by Gasteiger charge is -2.26. The highest BCUT2D eigenvalue weighted by atomic mass is 32.1. The largest absolute Gasteiger partial charge is 0.379 e. The third kappa shape index (κ3) is 6.89. The van der Waals surface area contributed by atoms with Crippen molar-refractivity contribution in [2.45, 2.75) is 19.3 Å². The second kappa shape index (κ2) is 10.6. The van der Waals surface area contributed by atoms with Crippen molar-refractivity contribution < 1.29 is 4.74 Å². The Kier molecular flexibility index (Phi) is 8.42. The summed E-state index contributed by atoms with van der Waals surface area (Å²) < 4.78 is 5.37. The fourth-order valence-corrected chi connectivity index (χ4v) is 3.41. The zero-order chi connectivity index (χ0) is 16.3. The Morgan fingerprint density at radius 2 is 2.22 bits per heavy atom. The lowest BCUT2D eigenvalue weighted by Crippen LogP contribution is -2.40. The van der Waals surface area contributed by atoms with Gasteiger partial charge in [0, 0.05) is 45.2 Å². The molecule has 1 fully saturated rings. The Morgan fingerprint density at radius 1 is 1.39 bits per heavy atom. The molecule has 130 valence electrons. The summed E-state index contributed by atoms with van der Waals surface area (Å²) in [4.78, 5) is 10.5. The maximum absolute atomic E-state index is 5.37. The molecule has 0 atom stereocenters. The van der Waals surface area contributed by atoms with E-state index in [2.05, 4.69) is 44.7 Å². The summed E-state index contributed by atoms with van der Waals surface area (Å²) in [5, 5.41) is 5.61. The van der Waals surface area contributed by atoms with Crippen molar-refractivity contribution >= 4 is 17.3 Å². The van der Waals surface area contributed by atoms with E-state index < -0.39 is 0 Å². The van der Waals surface area contributed by atoms with Gasteiger partial charge in [0.2, 0.25) is 0 Å². The molecule has 0 saturated carbocycles. The molecular formula is C17H30N4OS. The first kappa shape index (κ1) is 18.2. The fraction of sp³-hybridized carbons (Fsp3) is 0.706. The summed E-state index contributed by atoms with van der Waals surface area (Å²) in [5.74, 6) is 0.993. The number of unbranched alkanes of at least 4 members (excludes halogenated alkanes) is 1. The van der Waals surface area contributed by atoms with Gasteiger partial charge in [-0.1, -0.05) is 6.07 Å². The van der Waals surface area contributed by atoms with Crippen molar-refractivity contribution in [2.75, 3.05) is 60.0 Å². The van der Waals surface area contributed by atoms with Crippen LogP contribution in [0, 0.1) is 0 Å². The number of hydrogen-bond donors (Lipinski definition) is 1. The molecule has 0 aliphatic carbocycles. The first-order chi connectivity index (χ1) is 11.3. The Morgan fingerprint density at radius 3 is 2.91 bits per heavy atom. The second-order valence-electron chi connectivity index (χ2n) is 5.89. The van der Waals surface area contributed by atoms with E-state index >= 15 is 0 Å². The van der Waals surface area contributed by atoms with Crippen LogP contribution in [0.2, 0.25) is 0 Å². The number of nitrogens with one attached hydrogen (secondary N) is 1. The predicted octanol–water partition coefficient (Wildman–Crippen LogP) is 1.91. The highest BCUT2D eigenvalue weighted by molar-refractivity contribution is 7.09. The molecular weight excluding hydrogens is 308 g/mol. The van der Waals surface area contributed by atoms with Crippen LogP contribution >= 0.6 is 11.3 Å². The quantitative estimate of drug-likeness (QED) is 0.447. The highest BCUT2D eigenvalue weighted by Crippen LogP contribution is 2.09. The van der Waals surface area contributed by atoms with E-state index in [1.54, 1.807) is 0 Å². The van der Waals surface area contributed by atoms with E-state index in [1.807, 2.05) is 18.4 Å². The molecule has 0 aromatic carbocycles. The number of thiophene rings is 1. The summed E-state index contributed by atoms with van der Waals surface area (Å²) >= 11 is 1.82. The smallest absolute Gasteiger partial charge is 0.193 e. The normalized spacial score (nSPS) is 16.5. The minimum atomic E-state index is 0.889. The molecule has 0 bridgehead atoms. The zero-order valence-electron chi connectivity index (χ0n) is 14.5. The number of likely N-dealkylation sites (N-methyl/N-ethyl adjacent to an activating group) is 1. The molecule has 1 aliphatic rings. The average Bonchev–Trinajstić information content (AvgIpc) is 3.10. The zero-order valence-corrected chi connectivity index (χ0v) is 15.3. The van der Waals surface area contributed by atoms with Crippen LogP contribution in [0.5, 0.6) is 0 Å². The van der Waals surface area contributed by atoms with Crippen molar-refractivity contribution in [1.29, 1.82) is 0 Å². The van der Waals surface area contributed by atoms with Crippen molar-refractivity contribution in [3.8, 4) is 0 Å². The molecule has 5 nitrogen and oxygen atoms in total. The molecule has 0 amide bonds. The van der Waals surface area contributed by atoms with Gasteiger partial charge in [-0.2, -0.15) is 0 Å². The van der Waals surface area contributed by atoms with Gasteiger partial charge in [-0.05, 0) is 37.3 Å². The SMILES string of the molecule is CN=C(NCCCCN1CCOCC1)N(C)CCc1cccs1. The van der Waals surface area contributed by atoms with Gasteiger partial charge < -0.3 is 15.0 Å². The minimum Gasteiger partial charge on any atom is -0.379 e. The number of nitrogens with zero attached hydrogens (tertiary/aromatic N) is 3. The molecule has 1 saturated heterocycles. The van der Waals surface area contributed by atoms with Crippen molar-refractivity contribution in [3.63, 3.8) is 0 Å². The average molecular weight is 339 g/mol. The van der Waals surface area contributed by atoms with E-state index in [0.717, 1.165) is 51.8 Å². The van der Waals surface area contributed by atoms with Crippen LogP contribution in [0.4, 0.5) is 0 Å². The van der Waals surface area contributed by atoms with E-state index in [-0.39, 0.29) is 0 Å². The number of hydrogen-bond acceptors (Lipinski definition) is 4. The molecule has 1 aromatic rings. The van der Waals surface area contributed by atoms with Gasteiger partial charge in [0.15, 0.2) is 5.96 Å². The van der Waals surface area contributed by atoms with Gasteiger partial charge in [-0.25, -0.2) is 0 Å². The molecule has 2 heterocycles. The van der Waals surface area contributed by atoms with Crippen LogP contribution in [0.1, 0.15) is 17.7 Å². The van der Waals surface area contributed by atoms with Gasteiger partial charge in [-0.15, -0.1) is 11.3 Å². The van der Waals surface area contributed by atoms with E-state index in [1.165, 1.54) is 24.3 Å². The van der Waals surface area contributed by atoms with E-state index in [4.69, 9.17) is 4.74 Å². The van der Waals surface area contributed by atoms with Gasteiger partial charge in [0.05, 0.1) is 13.2 Å². The Balaban J connectivity index is 1.56. The van der Waals surface area contributed by atoms with Crippen LogP contribution in [0.25, 0.3) is 0 Å². The van der Waals surface area contributed by atoms with Gasteiger partial charge in [0.25, 0.3) is 0 Å². The first-order valence-electron chi connectivity index (χ1n) is 8.54. The monoisotopic (exact) mass is 338 g/mol. The number of ether oxygens (including phenoxy) is 1. The van der Waals surface area contributed by atoms with Crippen LogP contribution < -0.4 is 5.32 Å². The predicted molar refractivity (Wildman–Crippen MR) is 98.5 cm³/mol. The second-order valence-corrected chi connectivity index (χ2v) is 6.92. The summed E-state index contributed by atoms with van der Waals surface area (Å²) in [7, 11) is 3.97. The van der Waals surface area contributed by atoms with Crippen molar-refractivity contribution in [1.82, 2.24) is 15.1 Å². The number of guanidine groups is 1. The molecule has 0 unspecified atom stereocenters. The summed E-state index contributed by atoms with van der Waals surface area (Å²) in [6.07, 6.45) is 3.48. The fourth-order valence-electron chi connectivity index (χ4n) is 2.71. The molecule has 1 aliphatic heterocycles. The summed E-state index contributed by atoms with van der Waals surface area (Å²) in [6.45, 7) is 7.10. The molecule has 2 rings (SSSR count). The number of rotatable bonds is 8.